The molecular formula is C26H22O2. The number of hydrogen-bond donors (Lipinski definition) is 2. The summed E-state index contributed by atoms with van der Waals surface area (Å²) in [5.41, 5.74) is 3.36. The van der Waals surface area contributed by atoms with Gasteiger partial charge in [-0.2, -0.15) is 0 Å². The van der Waals surface area contributed by atoms with Gasteiger partial charge in [0.2, 0.25) is 0 Å². The summed E-state index contributed by atoms with van der Waals surface area (Å²) in [4.78, 5) is 0. The second-order valence-corrected chi connectivity index (χ2v) is 6.86. The first-order valence-electron chi connectivity index (χ1n) is 9.30. The Bertz CT molecular complexity index is 1090. The minimum Gasteiger partial charge on any atom is -0.384 e. The Balaban J connectivity index is 2.23. The Hall–Kier alpha value is -3.20. The predicted octanol–water partition coefficient (Wildman–Crippen LogP) is 6.10. The molecule has 0 aliphatic heterocycles. The zero-order valence-electron chi connectivity index (χ0n) is 15.5. The van der Waals surface area contributed by atoms with Crippen molar-refractivity contribution in [3.63, 3.8) is 0 Å². The van der Waals surface area contributed by atoms with Crippen molar-refractivity contribution in [1.82, 2.24) is 0 Å². The van der Waals surface area contributed by atoms with E-state index in [-0.39, 0.29) is 0 Å². The van der Waals surface area contributed by atoms with E-state index in [1.807, 2.05) is 48.5 Å². The summed E-state index contributed by atoms with van der Waals surface area (Å²) in [6, 6.07) is 24.1. The van der Waals surface area contributed by atoms with E-state index in [0.717, 1.165) is 43.8 Å². The van der Waals surface area contributed by atoms with E-state index in [1.165, 1.54) is 12.2 Å². The molecule has 4 aromatic rings. The Morgan fingerprint density at radius 3 is 1.36 bits per heavy atom. The molecule has 2 N–H and O–H groups in total. The summed E-state index contributed by atoms with van der Waals surface area (Å²) < 4.78 is 0. The second-order valence-electron chi connectivity index (χ2n) is 6.86. The standard InChI is InChI=1S/C26H22O2/c1-3-23(27)21-15-13-17-9-5-7-11-19(17)25(21)26-20-12-8-6-10-18(20)14-16-22(26)24(28)4-2/h3-16,23-24,27-28H,1-2H2. The molecule has 28 heavy (non-hydrogen) atoms. The molecule has 0 aliphatic rings. The summed E-state index contributed by atoms with van der Waals surface area (Å²) in [5.74, 6) is 0. The number of aliphatic hydroxyl groups excluding tert-OH is 2. The molecule has 0 radical (unpaired) electrons. The average molecular weight is 366 g/mol. The maximum absolute atomic E-state index is 10.7. The van der Waals surface area contributed by atoms with E-state index in [9.17, 15) is 10.2 Å². The van der Waals surface area contributed by atoms with Crippen LogP contribution in [0.25, 0.3) is 32.7 Å². The van der Waals surface area contributed by atoms with E-state index in [2.05, 4.69) is 37.4 Å². The quantitative estimate of drug-likeness (QED) is 0.419. The van der Waals surface area contributed by atoms with Crippen molar-refractivity contribution in [2.75, 3.05) is 0 Å². The van der Waals surface area contributed by atoms with E-state index in [4.69, 9.17) is 0 Å². The van der Waals surface area contributed by atoms with Crippen LogP contribution in [0.3, 0.4) is 0 Å². The molecule has 0 fully saturated rings. The smallest absolute Gasteiger partial charge is 0.0975 e. The van der Waals surface area contributed by atoms with E-state index >= 15 is 0 Å². The molecule has 0 aromatic heterocycles. The Morgan fingerprint density at radius 1 is 0.571 bits per heavy atom. The van der Waals surface area contributed by atoms with Crippen LogP contribution < -0.4 is 0 Å². The van der Waals surface area contributed by atoms with Crippen LogP contribution in [0.1, 0.15) is 23.3 Å². The van der Waals surface area contributed by atoms with Crippen molar-refractivity contribution in [3.8, 4) is 11.1 Å². The minimum absolute atomic E-state index is 0.766. The minimum atomic E-state index is -0.813. The van der Waals surface area contributed by atoms with Gasteiger partial charge in [-0.05, 0) is 43.8 Å². The first-order chi connectivity index (χ1) is 13.7. The van der Waals surface area contributed by atoms with Crippen molar-refractivity contribution >= 4 is 21.5 Å². The predicted molar refractivity (Wildman–Crippen MR) is 117 cm³/mol. The van der Waals surface area contributed by atoms with Gasteiger partial charge in [-0.25, -0.2) is 0 Å². The van der Waals surface area contributed by atoms with Crippen LogP contribution in [0.15, 0.2) is 98.1 Å². The molecule has 2 heteroatoms. The van der Waals surface area contributed by atoms with Gasteiger partial charge in [-0.3, -0.25) is 0 Å². The molecule has 2 unspecified atom stereocenters. The SMILES string of the molecule is C=CC(O)c1ccc2ccccc2c1-c1c(C(O)C=C)ccc2ccccc12. The molecule has 4 rings (SSSR count). The third kappa shape index (κ3) is 2.93. The zero-order chi connectivity index (χ0) is 19.7. The maximum Gasteiger partial charge on any atom is 0.0975 e. The second kappa shape index (κ2) is 7.43. The molecule has 0 spiro atoms. The van der Waals surface area contributed by atoms with Gasteiger partial charge in [0, 0.05) is 0 Å². The average Bonchev–Trinajstić information content (AvgIpc) is 2.76. The van der Waals surface area contributed by atoms with Crippen molar-refractivity contribution in [2.45, 2.75) is 12.2 Å². The molecule has 138 valence electrons. The van der Waals surface area contributed by atoms with E-state index in [1.54, 1.807) is 0 Å². The third-order valence-corrected chi connectivity index (χ3v) is 5.26. The molecule has 0 amide bonds. The monoisotopic (exact) mass is 366 g/mol. The van der Waals surface area contributed by atoms with Gasteiger partial charge >= 0.3 is 0 Å². The summed E-state index contributed by atoms with van der Waals surface area (Å²) in [5, 5.41) is 25.6. The largest absolute Gasteiger partial charge is 0.384 e. The van der Waals surface area contributed by atoms with Crippen molar-refractivity contribution in [3.05, 3.63) is 109 Å². The molecule has 0 saturated carbocycles. The molecule has 0 saturated heterocycles. The number of hydrogen-bond acceptors (Lipinski definition) is 2. The van der Waals surface area contributed by atoms with Crippen LogP contribution in [-0.2, 0) is 0 Å². The highest BCUT2D eigenvalue weighted by molar-refractivity contribution is 6.08. The van der Waals surface area contributed by atoms with Gasteiger partial charge in [0.25, 0.3) is 0 Å². The Labute approximate surface area is 164 Å². The van der Waals surface area contributed by atoms with Gasteiger partial charge in [-0.15, -0.1) is 13.2 Å². The van der Waals surface area contributed by atoms with Crippen LogP contribution in [0.2, 0.25) is 0 Å². The van der Waals surface area contributed by atoms with Gasteiger partial charge in [0.1, 0.15) is 0 Å². The normalized spacial score (nSPS) is 13.4. The highest BCUT2D eigenvalue weighted by Gasteiger charge is 2.21. The molecular weight excluding hydrogens is 344 g/mol. The van der Waals surface area contributed by atoms with Crippen LogP contribution in [0.4, 0.5) is 0 Å². The van der Waals surface area contributed by atoms with Crippen LogP contribution in [0, 0.1) is 0 Å². The Kier molecular flexibility index (Phi) is 4.82. The van der Waals surface area contributed by atoms with Gasteiger partial charge in [-0.1, -0.05) is 84.9 Å². The van der Waals surface area contributed by atoms with Crippen molar-refractivity contribution in [2.24, 2.45) is 0 Å². The number of rotatable bonds is 5. The molecule has 2 atom stereocenters. The Morgan fingerprint density at radius 2 is 0.964 bits per heavy atom. The molecule has 0 heterocycles. The van der Waals surface area contributed by atoms with Gasteiger partial charge < -0.3 is 10.2 Å². The zero-order valence-corrected chi connectivity index (χ0v) is 15.5. The number of benzene rings is 4. The summed E-state index contributed by atoms with van der Waals surface area (Å²) in [7, 11) is 0. The highest BCUT2D eigenvalue weighted by atomic mass is 16.3. The van der Waals surface area contributed by atoms with Crippen LogP contribution in [0.5, 0.6) is 0 Å². The molecule has 2 nitrogen and oxygen atoms in total. The fourth-order valence-corrected chi connectivity index (χ4v) is 3.88. The van der Waals surface area contributed by atoms with Gasteiger partial charge in [0.05, 0.1) is 12.2 Å². The summed E-state index contributed by atoms with van der Waals surface area (Å²) >= 11 is 0. The van der Waals surface area contributed by atoms with Gasteiger partial charge in [0.15, 0.2) is 0 Å². The van der Waals surface area contributed by atoms with E-state index in [0.29, 0.717) is 0 Å². The first-order valence-corrected chi connectivity index (χ1v) is 9.30. The van der Waals surface area contributed by atoms with Crippen molar-refractivity contribution in [1.29, 1.82) is 0 Å². The fraction of sp³-hybridized carbons (Fsp3) is 0.0769. The van der Waals surface area contributed by atoms with Crippen LogP contribution >= 0.6 is 0 Å². The fourth-order valence-electron chi connectivity index (χ4n) is 3.88. The topological polar surface area (TPSA) is 40.5 Å². The van der Waals surface area contributed by atoms with Crippen LogP contribution in [-0.4, -0.2) is 10.2 Å². The lowest BCUT2D eigenvalue weighted by molar-refractivity contribution is 0.227. The lowest BCUT2D eigenvalue weighted by Gasteiger charge is -2.22. The lowest BCUT2D eigenvalue weighted by atomic mass is 9.84. The first kappa shape index (κ1) is 18.2. The van der Waals surface area contributed by atoms with Crippen molar-refractivity contribution < 1.29 is 10.2 Å². The van der Waals surface area contributed by atoms with E-state index < -0.39 is 12.2 Å². The summed E-state index contributed by atoms with van der Waals surface area (Å²) in [6.45, 7) is 7.54. The molecule has 0 bridgehead atoms. The third-order valence-electron chi connectivity index (χ3n) is 5.26. The molecule has 0 aliphatic carbocycles. The number of aliphatic hydroxyl groups is 2. The number of fused-ring (bicyclic) bond motifs is 2. The lowest BCUT2D eigenvalue weighted by Crippen LogP contribution is -2.03. The summed E-state index contributed by atoms with van der Waals surface area (Å²) in [6.07, 6.45) is 1.43. The highest BCUT2D eigenvalue weighted by Crippen LogP contribution is 2.43. The molecule has 4 aromatic carbocycles. The maximum atomic E-state index is 10.7.